The highest BCUT2D eigenvalue weighted by molar-refractivity contribution is 5.70. The molecule has 3 heteroatoms. The maximum atomic E-state index is 5.67. The Morgan fingerprint density at radius 1 is 1.22 bits per heavy atom. The fourth-order valence-corrected chi connectivity index (χ4v) is 1.87. The lowest BCUT2D eigenvalue weighted by atomic mass is 10.1. The molecule has 1 aromatic heterocycles. The zero-order valence-corrected chi connectivity index (χ0v) is 10.9. The summed E-state index contributed by atoms with van der Waals surface area (Å²) in [6.07, 6.45) is 1.79. The van der Waals surface area contributed by atoms with Crippen molar-refractivity contribution in [1.82, 2.24) is 4.98 Å². The van der Waals surface area contributed by atoms with Crippen LogP contribution in [0.5, 0.6) is 11.5 Å². The van der Waals surface area contributed by atoms with E-state index in [0.717, 1.165) is 28.3 Å². The van der Waals surface area contributed by atoms with Crippen LogP contribution in [0.4, 0.5) is 0 Å². The molecule has 0 atom stereocenters. The summed E-state index contributed by atoms with van der Waals surface area (Å²) in [5, 5.41) is 0. The Hall–Kier alpha value is -2.03. The molecule has 0 fully saturated rings. The molecule has 2 rings (SSSR count). The molecule has 18 heavy (non-hydrogen) atoms. The number of nitrogens with zero attached hydrogens (tertiary/aromatic N) is 1. The fraction of sp³-hybridized carbons (Fsp3) is 0.267. The van der Waals surface area contributed by atoms with E-state index in [1.165, 1.54) is 0 Å². The number of ether oxygens (including phenoxy) is 2. The monoisotopic (exact) mass is 243 g/mol. The first-order chi connectivity index (χ1) is 8.76. The summed E-state index contributed by atoms with van der Waals surface area (Å²) in [5.41, 5.74) is 3.07. The summed E-state index contributed by atoms with van der Waals surface area (Å²) in [6, 6.07) is 9.78. The van der Waals surface area contributed by atoms with E-state index in [1.807, 2.05) is 44.2 Å². The van der Waals surface area contributed by atoms with Crippen molar-refractivity contribution in [2.45, 2.75) is 13.8 Å². The minimum absolute atomic E-state index is 0.617. The average Bonchev–Trinajstić information content (AvgIpc) is 2.40. The van der Waals surface area contributed by atoms with Gasteiger partial charge in [-0.2, -0.15) is 0 Å². The maximum Gasteiger partial charge on any atom is 0.132 e. The Balaban J connectivity index is 2.53. The van der Waals surface area contributed by atoms with Crippen LogP contribution in [0.2, 0.25) is 0 Å². The minimum Gasteiger partial charge on any atom is -0.497 e. The number of aromatic nitrogens is 1. The largest absolute Gasteiger partial charge is 0.497 e. The van der Waals surface area contributed by atoms with Crippen LogP contribution in [0.1, 0.15) is 12.5 Å². The second-order valence-corrected chi connectivity index (χ2v) is 3.96. The van der Waals surface area contributed by atoms with Crippen molar-refractivity contribution in [3.8, 4) is 22.8 Å². The number of methoxy groups -OCH3 is 1. The van der Waals surface area contributed by atoms with Crippen LogP contribution in [0, 0.1) is 6.92 Å². The van der Waals surface area contributed by atoms with Gasteiger partial charge in [-0.3, -0.25) is 4.98 Å². The fourth-order valence-electron chi connectivity index (χ4n) is 1.87. The summed E-state index contributed by atoms with van der Waals surface area (Å²) in [6.45, 7) is 4.63. The summed E-state index contributed by atoms with van der Waals surface area (Å²) >= 11 is 0. The third-order valence-electron chi connectivity index (χ3n) is 2.75. The van der Waals surface area contributed by atoms with Gasteiger partial charge in [0.25, 0.3) is 0 Å². The van der Waals surface area contributed by atoms with Crippen LogP contribution in [-0.4, -0.2) is 18.7 Å². The second kappa shape index (κ2) is 5.54. The number of rotatable bonds is 4. The smallest absolute Gasteiger partial charge is 0.132 e. The zero-order chi connectivity index (χ0) is 13.0. The molecule has 2 aromatic rings. The number of aryl methyl sites for hydroxylation is 1. The van der Waals surface area contributed by atoms with Gasteiger partial charge in [0.1, 0.15) is 11.5 Å². The lowest BCUT2D eigenvalue weighted by Crippen LogP contribution is -1.97. The molecule has 0 bridgehead atoms. The van der Waals surface area contributed by atoms with Crippen molar-refractivity contribution in [2.75, 3.05) is 13.7 Å². The molecule has 1 aromatic carbocycles. The highest BCUT2D eigenvalue weighted by atomic mass is 16.5. The first kappa shape index (κ1) is 12.4. The molecule has 94 valence electrons. The standard InChI is InChI=1S/C15H17NO2/c1-4-18-14-10-12(17-3)7-8-13(14)15-11(2)6-5-9-16-15/h5-10H,4H2,1-3H3. The van der Waals surface area contributed by atoms with Crippen molar-refractivity contribution in [3.05, 3.63) is 42.1 Å². The van der Waals surface area contributed by atoms with Gasteiger partial charge in [-0.05, 0) is 37.6 Å². The van der Waals surface area contributed by atoms with Crippen molar-refractivity contribution in [1.29, 1.82) is 0 Å². The SMILES string of the molecule is CCOc1cc(OC)ccc1-c1ncccc1C. The van der Waals surface area contributed by atoms with Gasteiger partial charge in [-0.25, -0.2) is 0 Å². The van der Waals surface area contributed by atoms with Crippen molar-refractivity contribution < 1.29 is 9.47 Å². The van der Waals surface area contributed by atoms with Crippen LogP contribution in [0.15, 0.2) is 36.5 Å². The summed E-state index contributed by atoms with van der Waals surface area (Å²) in [5.74, 6) is 1.59. The van der Waals surface area contributed by atoms with Gasteiger partial charge in [0.05, 0.1) is 19.4 Å². The molecule has 0 N–H and O–H groups in total. The first-order valence-electron chi connectivity index (χ1n) is 5.99. The normalized spacial score (nSPS) is 10.2. The van der Waals surface area contributed by atoms with Crippen molar-refractivity contribution in [2.24, 2.45) is 0 Å². The van der Waals surface area contributed by atoms with Crippen molar-refractivity contribution in [3.63, 3.8) is 0 Å². The Morgan fingerprint density at radius 2 is 2.06 bits per heavy atom. The van der Waals surface area contributed by atoms with E-state index in [1.54, 1.807) is 13.3 Å². The second-order valence-electron chi connectivity index (χ2n) is 3.96. The molecule has 0 spiro atoms. The maximum absolute atomic E-state index is 5.67. The van der Waals surface area contributed by atoms with E-state index in [4.69, 9.17) is 9.47 Å². The van der Waals surface area contributed by atoms with Gasteiger partial charge in [0.2, 0.25) is 0 Å². The van der Waals surface area contributed by atoms with E-state index in [0.29, 0.717) is 6.61 Å². The number of benzene rings is 1. The average molecular weight is 243 g/mol. The van der Waals surface area contributed by atoms with Crippen LogP contribution >= 0.6 is 0 Å². The van der Waals surface area contributed by atoms with Crippen molar-refractivity contribution >= 4 is 0 Å². The Kier molecular flexibility index (Phi) is 3.82. The Morgan fingerprint density at radius 3 is 2.72 bits per heavy atom. The molecule has 0 radical (unpaired) electrons. The van der Waals surface area contributed by atoms with Gasteiger partial charge >= 0.3 is 0 Å². The Labute approximate surface area is 107 Å². The van der Waals surface area contributed by atoms with Crippen LogP contribution < -0.4 is 9.47 Å². The molecule has 0 aliphatic heterocycles. The molecule has 0 aliphatic carbocycles. The van der Waals surface area contributed by atoms with Gasteiger partial charge in [0.15, 0.2) is 0 Å². The molecule has 0 unspecified atom stereocenters. The van der Waals surface area contributed by atoms with E-state index < -0.39 is 0 Å². The predicted octanol–water partition coefficient (Wildman–Crippen LogP) is 3.46. The van der Waals surface area contributed by atoms with Gasteiger partial charge in [-0.15, -0.1) is 0 Å². The predicted molar refractivity (Wildman–Crippen MR) is 72.1 cm³/mol. The molecule has 3 nitrogen and oxygen atoms in total. The topological polar surface area (TPSA) is 31.4 Å². The molecule has 0 saturated carbocycles. The first-order valence-corrected chi connectivity index (χ1v) is 5.99. The molecular formula is C15H17NO2. The quantitative estimate of drug-likeness (QED) is 0.824. The number of pyridine rings is 1. The number of hydrogen-bond donors (Lipinski definition) is 0. The van der Waals surface area contributed by atoms with E-state index in [9.17, 15) is 0 Å². The lowest BCUT2D eigenvalue weighted by molar-refractivity contribution is 0.337. The van der Waals surface area contributed by atoms with Gasteiger partial charge in [0, 0.05) is 17.8 Å². The summed E-state index contributed by atoms with van der Waals surface area (Å²) < 4.78 is 10.9. The Bertz CT molecular complexity index is 538. The van der Waals surface area contributed by atoms with E-state index in [2.05, 4.69) is 4.98 Å². The van der Waals surface area contributed by atoms with Gasteiger partial charge < -0.3 is 9.47 Å². The molecule has 0 saturated heterocycles. The van der Waals surface area contributed by atoms with Crippen LogP contribution in [-0.2, 0) is 0 Å². The van der Waals surface area contributed by atoms with Gasteiger partial charge in [-0.1, -0.05) is 6.07 Å². The van der Waals surface area contributed by atoms with Crippen LogP contribution in [0.25, 0.3) is 11.3 Å². The van der Waals surface area contributed by atoms with E-state index in [-0.39, 0.29) is 0 Å². The third-order valence-corrected chi connectivity index (χ3v) is 2.75. The van der Waals surface area contributed by atoms with E-state index >= 15 is 0 Å². The molecular weight excluding hydrogens is 226 g/mol. The lowest BCUT2D eigenvalue weighted by Gasteiger charge is -2.12. The zero-order valence-electron chi connectivity index (χ0n) is 10.9. The minimum atomic E-state index is 0.617. The molecule has 1 heterocycles. The number of hydrogen-bond acceptors (Lipinski definition) is 3. The highest BCUT2D eigenvalue weighted by Crippen LogP contribution is 2.33. The highest BCUT2D eigenvalue weighted by Gasteiger charge is 2.10. The third kappa shape index (κ3) is 2.45. The molecule has 0 aliphatic rings. The summed E-state index contributed by atoms with van der Waals surface area (Å²) in [4.78, 5) is 4.43. The van der Waals surface area contributed by atoms with Crippen LogP contribution in [0.3, 0.4) is 0 Å². The summed E-state index contributed by atoms with van der Waals surface area (Å²) in [7, 11) is 1.65. The molecule has 0 amide bonds.